The molecule has 586 valence electrons. The van der Waals surface area contributed by atoms with Crippen LogP contribution in [0.15, 0.2) is 288 Å². The minimum absolute atomic E-state index is 0.0241. The normalized spacial score (nSPS) is 12.5. The van der Waals surface area contributed by atoms with Gasteiger partial charge in [0.1, 0.15) is 53.5 Å². The van der Waals surface area contributed by atoms with Crippen LogP contribution in [0.3, 0.4) is 0 Å². The van der Waals surface area contributed by atoms with Gasteiger partial charge in [0, 0.05) is 54.7 Å². The van der Waals surface area contributed by atoms with E-state index in [0.29, 0.717) is 36.4 Å². The molecule has 2 aliphatic heterocycles. The average molecular weight is 1570 g/mol. The first-order valence-corrected chi connectivity index (χ1v) is 37.9. The standard InChI is InChI=1S/C21H16N4O2.C18H17N5O2.C18H16N4O3.C17H16N4O.C15H12N4/c26-19(13-6-2-1-3-7-13)20-22-16-8-4-5-9-18(16)25(20)14-10-11-15-17(12-14)24-21(27)23-15;1-19-17(24)9-8-16-20-13-4-2-3-5-15(13)23(16)11-6-7-12-14(10-11)22-18(25)21-12;1-25-17(23)9-8-16-19-13-4-2-3-5-15(13)22(16)11-6-7-12-14(10-11)21-18(24)20-12;1-10(22)17-20-14-5-3-4-6-16(14)21(17)12-7-8-13-15(9-12)19-11(2)18-13;1-10-17-12-7-6-11(8-14(12)18-10)19-9-16-13-4-2-3-5-15(13)19/h1-12,19,26H,(H2,23,24,27);2-7,10H,8-9H2,1H3,(H,19,24)(H2,21,22,25);2-7,10H,8-9H2,1H3,(H2,20,21,24);3-10,18-19,22H,2H2,1H3;2-9,17-18H,1H2. The van der Waals surface area contributed by atoms with Crippen molar-refractivity contribution in [2.75, 3.05) is 35.4 Å². The summed E-state index contributed by atoms with van der Waals surface area (Å²) in [7, 11) is 3.00. The number of carbonyl (C=O) groups is 2. The molecule has 2 atom stereocenters. The lowest BCUT2D eigenvalue weighted by molar-refractivity contribution is -0.140. The predicted octanol–water partition coefficient (Wildman–Crippen LogP) is 14.2. The number of aromatic nitrogens is 16. The molecule has 29 nitrogen and oxygen atoms in total. The van der Waals surface area contributed by atoms with Crippen molar-refractivity contribution in [2.24, 2.45) is 0 Å². The molecule has 0 bridgehead atoms. The van der Waals surface area contributed by atoms with Crippen LogP contribution < -0.4 is 43.7 Å². The first kappa shape index (κ1) is 74.8. The number of fused-ring (bicyclic) bond motifs is 10. The minimum Gasteiger partial charge on any atom is -0.469 e. The number of benzene rings is 11. The average Bonchev–Trinajstić information content (AvgIpc) is 1.65. The van der Waals surface area contributed by atoms with Crippen molar-refractivity contribution >= 4 is 123 Å². The predicted molar refractivity (Wildman–Crippen MR) is 459 cm³/mol. The largest absolute Gasteiger partial charge is 0.469 e. The molecule has 21 rings (SSSR count). The zero-order chi connectivity index (χ0) is 81.2. The fraction of sp³-hybridized carbons (Fsp3) is 0.101. The summed E-state index contributed by atoms with van der Waals surface area (Å²) in [6.45, 7) is 9.47. The summed E-state index contributed by atoms with van der Waals surface area (Å²) in [5, 5.41) is 36.5. The zero-order valence-corrected chi connectivity index (χ0v) is 63.9. The monoisotopic (exact) mass is 1570 g/mol. The van der Waals surface area contributed by atoms with E-state index in [0.717, 1.165) is 163 Å². The summed E-state index contributed by atoms with van der Waals surface area (Å²) in [5.74, 6) is 4.01. The lowest BCUT2D eigenvalue weighted by atomic mass is 10.1. The van der Waals surface area contributed by atoms with Gasteiger partial charge in [-0.2, -0.15) is 0 Å². The summed E-state index contributed by atoms with van der Waals surface area (Å²) < 4.78 is 14.8. The second-order valence-corrected chi connectivity index (χ2v) is 28.0. The Kier molecular flexibility index (Phi) is 20.3. The Bertz CT molecular complexity index is 7080. The Morgan fingerprint density at radius 1 is 0.415 bits per heavy atom. The lowest BCUT2D eigenvalue weighted by Gasteiger charge is -2.14. The van der Waals surface area contributed by atoms with Crippen LogP contribution in [0.25, 0.3) is 117 Å². The SMILES string of the molecule is C=C1Nc2ccc(-n3c(C(C)O)nc4ccccc43)cc2N1.C=C1Nc2ccc(-n3cnc4ccccc43)cc2N1.CNC(=O)CCc1nc2ccccc2n1-c1ccc2[nH]c(=O)[nH]c2c1.COC(=O)CCc1nc2ccccc2n1-c1ccc2[nH]c(=O)[nH]c2c1.O=c1[nH]c2ccc(-n3c(C(O)c4ccccc4)nc4ccccc43)cc2[nH]1. The van der Waals surface area contributed by atoms with Crippen molar-refractivity contribution in [3.05, 3.63) is 334 Å². The molecular formula is C89H77N21O8. The van der Waals surface area contributed by atoms with Gasteiger partial charge in [-0.1, -0.05) is 104 Å². The van der Waals surface area contributed by atoms with Crippen molar-refractivity contribution in [2.45, 2.75) is 44.8 Å². The summed E-state index contributed by atoms with van der Waals surface area (Å²) >= 11 is 0. The van der Waals surface area contributed by atoms with E-state index in [4.69, 9.17) is 4.74 Å². The molecule has 29 heteroatoms. The summed E-state index contributed by atoms with van der Waals surface area (Å²) in [5.41, 5.74) is 22.4. The molecule has 0 spiro atoms. The highest BCUT2D eigenvalue weighted by Gasteiger charge is 2.24. The number of aryl methyl sites for hydroxylation is 2. The van der Waals surface area contributed by atoms with Gasteiger partial charge in [0.25, 0.3) is 0 Å². The van der Waals surface area contributed by atoms with Gasteiger partial charge in [-0.3, -0.25) is 32.4 Å². The van der Waals surface area contributed by atoms with E-state index < -0.39 is 12.2 Å². The molecule has 10 heterocycles. The minimum atomic E-state index is -0.875. The number of rotatable bonds is 14. The fourth-order valence-electron chi connectivity index (χ4n) is 14.7. The number of hydrogen-bond donors (Lipinski definition) is 13. The number of aliphatic hydroxyl groups excluding tert-OH is 2. The van der Waals surface area contributed by atoms with Gasteiger partial charge in [-0.05, 0) is 164 Å². The number of imidazole rings is 8. The van der Waals surface area contributed by atoms with Crippen LogP contribution in [0.1, 0.15) is 60.8 Å². The molecule has 0 saturated carbocycles. The van der Waals surface area contributed by atoms with Crippen LogP contribution in [0.5, 0.6) is 0 Å². The molecule has 2 aliphatic rings. The smallest absolute Gasteiger partial charge is 0.323 e. The van der Waals surface area contributed by atoms with E-state index >= 15 is 0 Å². The van der Waals surface area contributed by atoms with Crippen LogP contribution in [0.2, 0.25) is 0 Å². The van der Waals surface area contributed by atoms with Crippen LogP contribution in [0.4, 0.5) is 22.7 Å². The second kappa shape index (κ2) is 31.9. The van der Waals surface area contributed by atoms with Gasteiger partial charge in [0.2, 0.25) is 5.91 Å². The van der Waals surface area contributed by atoms with Crippen molar-refractivity contribution in [3.63, 3.8) is 0 Å². The fourth-order valence-corrected chi connectivity index (χ4v) is 14.7. The maximum Gasteiger partial charge on any atom is 0.323 e. The van der Waals surface area contributed by atoms with Crippen molar-refractivity contribution in [1.82, 2.24) is 83.0 Å². The number of ether oxygens (including phenoxy) is 1. The molecule has 1 amide bonds. The molecule has 2 unspecified atom stereocenters. The van der Waals surface area contributed by atoms with E-state index in [1.165, 1.54) is 7.11 Å². The molecule has 8 aromatic heterocycles. The third-order valence-electron chi connectivity index (χ3n) is 20.2. The first-order valence-electron chi connectivity index (χ1n) is 37.9. The number of hydrogen-bond acceptors (Lipinski definition) is 17. The van der Waals surface area contributed by atoms with E-state index in [2.05, 4.69) is 117 Å². The summed E-state index contributed by atoms with van der Waals surface area (Å²) in [6, 6.07) is 78.0. The topological polar surface area (TPSA) is 379 Å². The highest BCUT2D eigenvalue weighted by atomic mass is 16.5. The quantitative estimate of drug-likeness (QED) is 0.0450. The van der Waals surface area contributed by atoms with Crippen molar-refractivity contribution in [1.29, 1.82) is 0 Å². The number of amides is 1. The Morgan fingerprint density at radius 3 is 1.27 bits per heavy atom. The van der Waals surface area contributed by atoms with Gasteiger partial charge in [0.15, 0.2) is 0 Å². The number of nitrogens with one attached hydrogen (secondary N) is 11. The van der Waals surface area contributed by atoms with E-state index in [9.17, 15) is 34.2 Å². The van der Waals surface area contributed by atoms with Crippen molar-refractivity contribution < 1.29 is 24.5 Å². The van der Waals surface area contributed by atoms with Crippen LogP contribution >= 0.6 is 0 Å². The molecule has 0 aliphatic carbocycles. The van der Waals surface area contributed by atoms with Gasteiger partial charge in [-0.25, -0.2) is 39.3 Å². The first-order chi connectivity index (χ1) is 57.4. The van der Waals surface area contributed by atoms with Crippen LogP contribution in [-0.4, -0.2) is 114 Å². The van der Waals surface area contributed by atoms with E-state index in [1.807, 2.05) is 249 Å². The number of para-hydroxylation sites is 10. The highest BCUT2D eigenvalue weighted by molar-refractivity contribution is 5.88. The number of aromatic amines is 6. The number of H-pyrrole nitrogens is 6. The molecule has 13 N–H and O–H groups in total. The van der Waals surface area contributed by atoms with Crippen LogP contribution in [-0.2, 0) is 27.2 Å². The molecular weight excluding hydrogens is 1490 g/mol. The van der Waals surface area contributed by atoms with Gasteiger partial charge in [-0.15, -0.1) is 0 Å². The van der Waals surface area contributed by atoms with Crippen molar-refractivity contribution in [3.8, 4) is 28.4 Å². The van der Waals surface area contributed by atoms with Gasteiger partial charge < -0.3 is 71.4 Å². The second-order valence-electron chi connectivity index (χ2n) is 28.0. The zero-order valence-electron chi connectivity index (χ0n) is 63.9. The molecule has 0 fully saturated rings. The molecule has 19 aromatic rings. The number of esters is 1. The summed E-state index contributed by atoms with van der Waals surface area (Å²) in [4.78, 5) is 97.3. The molecule has 118 heavy (non-hydrogen) atoms. The van der Waals surface area contributed by atoms with E-state index in [1.54, 1.807) is 14.0 Å². The third-order valence-corrected chi connectivity index (χ3v) is 20.2. The summed E-state index contributed by atoms with van der Waals surface area (Å²) in [6.07, 6.45) is 1.93. The lowest BCUT2D eigenvalue weighted by Crippen LogP contribution is -2.18. The Hall–Kier alpha value is -15.9. The van der Waals surface area contributed by atoms with Gasteiger partial charge in [0.05, 0.1) is 125 Å². The molecule has 0 radical (unpaired) electrons. The van der Waals surface area contributed by atoms with Crippen LogP contribution in [0, 0.1) is 0 Å². The maximum absolute atomic E-state index is 11.6. The molecule has 11 aromatic carbocycles. The molecule has 0 saturated heterocycles. The van der Waals surface area contributed by atoms with Gasteiger partial charge >= 0.3 is 23.0 Å². The Balaban J connectivity index is 0.000000106. The third kappa shape index (κ3) is 15.1. The Labute approximate surface area is 669 Å². The van der Waals surface area contributed by atoms with E-state index in [-0.39, 0.29) is 35.4 Å². The Morgan fingerprint density at radius 2 is 0.788 bits per heavy atom. The number of methoxy groups -OCH3 is 1. The number of aliphatic hydroxyl groups is 2. The number of anilines is 4. The number of carbonyl (C=O) groups excluding carboxylic acids is 2. The highest BCUT2D eigenvalue weighted by Crippen LogP contribution is 2.37. The maximum atomic E-state index is 11.6. The number of nitrogens with zero attached hydrogens (tertiary/aromatic N) is 10.